The van der Waals surface area contributed by atoms with E-state index in [9.17, 15) is 9.59 Å². The summed E-state index contributed by atoms with van der Waals surface area (Å²) in [5, 5.41) is 0. The van der Waals surface area contributed by atoms with Crippen molar-refractivity contribution in [3.05, 3.63) is 23.9 Å². The van der Waals surface area contributed by atoms with Crippen molar-refractivity contribution in [2.75, 3.05) is 6.54 Å². The molecule has 1 saturated heterocycles. The van der Waals surface area contributed by atoms with E-state index in [2.05, 4.69) is 0 Å². The lowest BCUT2D eigenvalue weighted by atomic mass is 9.88. The van der Waals surface area contributed by atoms with E-state index < -0.39 is 5.54 Å². The predicted molar refractivity (Wildman–Crippen MR) is 87.6 cm³/mol. The first-order chi connectivity index (χ1) is 10.8. The molecular weight excluding hydrogens is 294 g/mol. The van der Waals surface area contributed by atoms with Gasteiger partial charge in [-0.2, -0.15) is 0 Å². The van der Waals surface area contributed by atoms with Crippen molar-refractivity contribution in [3.63, 3.8) is 0 Å². The van der Waals surface area contributed by atoms with E-state index in [0.717, 1.165) is 25.8 Å². The van der Waals surface area contributed by atoms with Crippen molar-refractivity contribution in [2.24, 2.45) is 0 Å². The first-order valence-electron chi connectivity index (χ1n) is 8.45. The quantitative estimate of drug-likeness (QED) is 0.745. The van der Waals surface area contributed by atoms with E-state index >= 15 is 0 Å². The minimum atomic E-state index is -0.789. The maximum Gasteiger partial charge on any atom is 0.339 e. The Balaban J connectivity index is 2.28. The molecule has 0 saturated carbocycles. The number of ether oxygens (including phenoxy) is 2. The molecule has 23 heavy (non-hydrogen) atoms. The number of carbonyl (C=O) groups is 2. The average molecular weight is 321 g/mol. The topological polar surface area (TPSA) is 55.8 Å². The maximum atomic E-state index is 12.7. The summed E-state index contributed by atoms with van der Waals surface area (Å²) in [4.78, 5) is 26.8. The minimum absolute atomic E-state index is 0.160. The lowest BCUT2D eigenvalue weighted by Gasteiger charge is -2.40. The van der Waals surface area contributed by atoms with Crippen molar-refractivity contribution < 1.29 is 19.1 Å². The highest BCUT2D eigenvalue weighted by molar-refractivity contribution is 5.93. The van der Waals surface area contributed by atoms with Gasteiger partial charge >= 0.3 is 11.9 Å². The molecule has 0 aromatic carbocycles. The SMILES string of the molecule is CC(C)OC(=O)C1=CN2CCCCC[C@@]2(C(=O)OC(C)C)C=C1. The zero-order chi connectivity index (χ0) is 17.0. The van der Waals surface area contributed by atoms with Gasteiger partial charge in [0.1, 0.15) is 0 Å². The first-order valence-corrected chi connectivity index (χ1v) is 8.45. The van der Waals surface area contributed by atoms with Crippen LogP contribution in [0.15, 0.2) is 23.9 Å². The lowest BCUT2D eigenvalue weighted by molar-refractivity contribution is -0.158. The van der Waals surface area contributed by atoms with Gasteiger partial charge in [0.2, 0.25) is 0 Å². The molecule has 0 radical (unpaired) electrons. The molecule has 0 aliphatic carbocycles. The fourth-order valence-corrected chi connectivity index (χ4v) is 3.00. The summed E-state index contributed by atoms with van der Waals surface area (Å²) in [5.41, 5.74) is -0.309. The Bertz CT molecular complexity index is 521. The molecule has 0 spiro atoms. The van der Waals surface area contributed by atoms with E-state index in [1.807, 2.05) is 38.7 Å². The number of hydrogen-bond donors (Lipinski definition) is 0. The second-order valence-electron chi connectivity index (χ2n) is 6.75. The van der Waals surface area contributed by atoms with Crippen LogP contribution >= 0.6 is 0 Å². The maximum absolute atomic E-state index is 12.7. The van der Waals surface area contributed by atoms with E-state index in [1.165, 1.54) is 0 Å². The standard InChI is InChI=1S/C18H27NO4/c1-13(2)22-16(20)15-8-10-18(17(21)23-14(3)4)9-6-5-7-11-19(18)12-15/h8,10,12-14H,5-7,9,11H2,1-4H3/t18-/m0/s1. The summed E-state index contributed by atoms with van der Waals surface area (Å²) in [5.74, 6) is -0.593. The van der Waals surface area contributed by atoms with Gasteiger partial charge in [0.05, 0.1) is 17.8 Å². The average Bonchev–Trinajstić information content (AvgIpc) is 2.68. The molecule has 5 nitrogen and oxygen atoms in total. The molecule has 2 rings (SSSR count). The van der Waals surface area contributed by atoms with E-state index in [-0.39, 0.29) is 24.1 Å². The molecule has 0 aromatic heterocycles. The third kappa shape index (κ3) is 3.95. The van der Waals surface area contributed by atoms with Crippen LogP contribution in [0.4, 0.5) is 0 Å². The van der Waals surface area contributed by atoms with Gasteiger partial charge in [0.15, 0.2) is 5.54 Å². The van der Waals surface area contributed by atoms with Crippen LogP contribution < -0.4 is 0 Å². The number of esters is 2. The summed E-state index contributed by atoms with van der Waals surface area (Å²) in [6.07, 6.45) is 8.69. The Morgan fingerprint density at radius 2 is 1.78 bits per heavy atom. The summed E-state index contributed by atoms with van der Waals surface area (Å²) in [6, 6.07) is 0. The third-order valence-corrected chi connectivity index (χ3v) is 4.08. The fourth-order valence-electron chi connectivity index (χ4n) is 3.00. The second kappa shape index (κ2) is 7.20. The Hall–Kier alpha value is -1.78. The van der Waals surface area contributed by atoms with Crippen molar-refractivity contribution in [3.8, 4) is 0 Å². The van der Waals surface area contributed by atoms with Crippen LogP contribution in [0.1, 0.15) is 53.4 Å². The van der Waals surface area contributed by atoms with E-state index in [4.69, 9.17) is 9.47 Å². The van der Waals surface area contributed by atoms with Crippen LogP contribution in [-0.2, 0) is 19.1 Å². The van der Waals surface area contributed by atoms with Crippen LogP contribution in [0.3, 0.4) is 0 Å². The first kappa shape index (κ1) is 17.6. The van der Waals surface area contributed by atoms with Crippen LogP contribution in [0.25, 0.3) is 0 Å². The molecule has 0 unspecified atom stereocenters. The van der Waals surface area contributed by atoms with Gasteiger partial charge in [0, 0.05) is 12.7 Å². The molecule has 2 aliphatic heterocycles. The summed E-state index contributed by atoms with van der Waals surface area (Å²) in [6.45, 7) is 8.07. The Morgan fingerprint density at radius 1 is 1.09 bits per heavy atom. The van der Waals surface area contributed by atoms with Crippen molar-refractivity contribution in [2.45, 2.75) is 71.1 Å². The van der Waals surface area contributed by atoms with Crippen LogP contribution in [-0.4, -0.2) is 41.1 Å². The molecule has 0 aromatic rings. The van der Waals surface area contributed by atoms with E-state index in [0.29, 0.717) is 12.0 Å². The highest BCUT2D eigenvalue weighted by Crippen LogP contribution is 2.34. The molecule has 128 valence electrons. The smallest absolute Gasteiger partial charge is 0.339 e. The predicted octanol–water partition coefficient (Wildman–Crippen LogP) is 2.96. The van der Waals surface area contributed by atoms with Gasteiger partial charge in [-0.3, -0.25) is 0 Å². The molecule has 0 amide bonds. The normalized spacial score (nSPS) is 24.1. The molecule has 2 heterocycles. The highest BCUT2D eigenvalue weighted by Gasteiger charge is 2.45. The summed E-state index contributed by atoms with van der Waals surface area (Å²) < 4.78 is 10.7. The molecule has 1 atom stereocenters. The Labute approximate surface area is 138 Å². The lowest BCUT2D eigenvalue weighted by Crippen LogP contribution is -2.53. The summed E-state index contributed by atoms with van der Waals surface area (Å²) in [7, 11) is 0. The van der Waals surface area contributed by atoms with Gasteiger partial charge in [-0.05, 0) is 52.7 Å². The van der Waals surface area contributed by atoms with Crippen LogP contribution in [0.5, 0.6) is 0 Å². The number of nitrogens with zero attached hydrogens (tertiary/aromatic N) is 1. The summed E-state index contributed by atoms with van der Waals surface area (Å²) >= 11 is 0. The number of hydrogen-bond acceptors (Lipinski definition) is 5. The van der Waals surface area contributed by atoms with Crippen molar-refractivity contribution in [1.82, 2.24) is 4.90 Å². The molecule has 0 bridgehead atoms. The Morgan fingerprint density at radius 3 is 2.43 bits per heavy atom. The Kier molecular flexibility index (Phi) is 5.50. The van der Waals surface area contributed by atoms with Gasteiger partial charge in [-0.25, -0.2) is 9.59 Å². The number of carbonyl (C=O) groups excluding carboxylic acids is 2. The molecule has 2 aliphatic rings. The zero-order valence-corrected chi connectivity index (χ0v) is 14.5. The highest BCUT2D eigenvalue weighted by atomic mass is 16.5. The fraction of sp³-hybridized carbons (Fsp3) is 0.667. The van der Waals surface area contributed by atoms with Gasteiger partial charge in [0.25, 0.3) is 0 Å². The van der Waals surface area contributed by atoms with Crippen molar-refractivity contribution >= 4 is 11.9 Å². The van der Waals surface area contributed by atoms with Crippen LogP contribution in [0, 0.1) is 0 Å². The monoisotopic (exact) mass is 321 g/mol. The largest absolute Gasteiger partial charge is 0.461 e. The number of rotatable bonds is 4. The van der Waals surface area contributed by atoms with Gasteiger partial charge in [-0.15, -0.1) is 0 Å². The number of fused-ring (bicyclic) bond motifs is 1. The second-order valence-corrected chi connectivity index (χ2v) is 6.75. The third-order valence-electron chi connectivity index (χ3n) is 4.08. The van der Waals surface area contributed by atoms with Gasteiger partial charge < -0.3 is 14.4 Å². The van der Waals surface area contributed by atoms with Crippen molar-refractivity contribution in [1.29, 1.82) is 0 Å². The molecule has 1 fully saturated rings. The van der Waals surface area contributed by atoms with Gasteiger partial charge in [-0.1, -0.05) is 12.8 Å². The molecule has 5 heteroatoms. The zero-order valence-electron chi connectivity index (χ0n) is 14.5. The van der Waals surface area contributed by atoms with E-state index in [1.54, 1.807) is 12.3 Å². The van der Waals surface area contributed by atoms with Crippen LogP contribution in [0.2, 0.25) is 0 Å². The molecular formula is C18H27NO4. The minimum Gasteiger partial charge on any atom is -0.461 e. The molecule has 0 N–H and O–H groups in total.